The van der Waals surface area contributed by atoms with Gasteiger partial charge >= 0.3 is 5.97 Å². The number of carbonyl (C=O) groups is 1. The van der Waals surface area contributed by atoms with Crippen molar-refractivity contribution in [3.8, 4) is 0 Å². The van der Waals surface area contributed by atoms with E-state index in [0.717, 1.165) is 6.07 Å². The van der Waals surface area contributed by atoms with Crippen LogP contribution in [0.3, 0.4) is 0 Å². The topological polar surface area (TPSA) is 88.8 Å². The number of hydrogen-bond donors (Lipinski definition) is 1. The number of aryl methyl sites for hydroxylation is 1. The highest BCUT2D eigenvalue weighted by Gasteiger charge is 2.24. The fourth-order valence-electron chi connectivity index (χ4n) is 1.13. The van der Waals surface area contributed by atoms with Gasteiger partial charge in [0, 0.05) is 20.3 Å². The van der Waals surface area contributed by atoms with Crippen molar-refractivity contribution in [2.45, 2.75) is 4.90 Å². The summed E-state index contributed by atoms with van der Waals surface area (Å²) in [6.45, 7) is 0. The molecule has 0 fully saturated rings. The Bertz CT molecular complexity index is 504. The van der Waals surface area contributed by atoms with Gasteiger partial charge in [-0.25, -0.2) is 13.2 Å². The minimum absolute atomic E-state index is 0.108. The number of nitrogens with zero attached hydrogens (tertiary/aromatic N) is 2. The molecule has 0 bridgehead atoms. The Morgan fingerprint density at radius 1 is 1.56 bits per heavy atom. The summed E-state index contributed by atoms with van der Waals surface area (Å²) in [5, 5.41) is 8.78. The fraction of sp³-hybridized carbons (Fsp3) is 0.375. The zero-order chi connectivity index (χ0) is 12.5. The predicted octanol–water partition coefficient (Wildman–Crippen LogP) is -0.0948. The lowest BCUT2D eigenvalue weighted by Gasteiger charge is -2.12. The largest absolute Gasteiger partial charge is 0.477 e. The molecule has 0 amide bonds. The highest BCUT2D eigenvalue weighted by Crippen LogP contribution is 2.17. The van der Waals surface area contributed by atoms with Crippen LogP contribution in [0.25, 0.3) is 0 Å². The standard InChI is InChI=1S/C8H12N2O5S/c1-9-5-6(4-7(9)8(11)12)16(13,14)10(2)15-3/h4-5H,1-3H3,(H,11,12). The van der Waals surface area contributed by atoms with Crippen LogP contribution in [0.2, 0.25) is 0 Å². The van der Waals surface area contributed by atoms with Crippen LogP contribution < -0.4 is 0 Å². The van der Waals surface area contributed by atoms with Crippen LogP contribution in [0.1, 0.15) is 10.5 Å². The van der Waals surface area contributed by atoms with E-state index in [-0.39, 0.29) is 10.6 Å². The number of carboxylic acid groups (broad SMARTS) is 1. The summed E-state index contributed by atoms with van der Waals surface area (Å²) in [4.78, 5) is 15.2. The van der Waals surface area contributed by atoms with Gasteiger partial charge in [-0.15, -0.1) is 0 Å². The molecule has 90 valence electrons. The van der Waals surface area contributed by atoms with Crippen molar-refractivity contribution in [2.75, 3.05) is 14.2 Å². The number of aromatic carboxylic acids is 1. The van der Waals surface area contributed by atoms with Crippen LogP contribution >= 0.6 is 0 Å². The molecular formula is C8H12N2O5S. The fourth-order valence-corrected chi connectivity index (χ4v) is 2.18. The average molecular weight is 248 g/mol. The van der Waals surface area contributed by atoms with Crippen molar-refractivity contribution >= 4 is 16.0 Å². The predicted molar refractivity (Wildman–Crippen MR) is 54.3 cm³/mol. The Labute approximate surface area is 92.9 Å². The third-order valence-corrected chi connectivity index (χ3v) is 3.74. The molecule has 1 heterocycles. The lowest BCUT2D eigenvalue weighted by atomic mass is 10.4. The first-order valence-corrected chi connectivity index (χ1v) is 5.67. The maximum absolute atomic E-state index is 11.7. The van der Waals surface area contributed by atoms with Crippen molar-refractivity contribution in [2.24, 2.45) is 7.05 Å². The molecule has 8 heteroatoms. The van der Waals surface area contributed by atoms with E-state index in [0.29, 0.717) is 4.47 Å². The van der Waals surface area contributed by atoms with Gasteiger partial charge in [-0.3, -0.25) is 4.84 Å². The molecule has 0 aromatic carbocycles. The van der Waals surface area contributed by atoms with Gasteiger partial charge in [0.2, 0.25) is 0 Å². The van der Waals surface area contributed by atoms with Gasteiger partial charge in [0.05, 0.1) is 7.11 Å². The van der Waals surface area contributed by atoms with Crippen LogP contribution in [-0.4, -0.2) is 42.7 Å². The summed E-state index contributed by atoms with van der Waals surface area (Å²) in [5.74, 6) is -1.19. The number of hydroxylamine groups is 1. The molecule has 1 aromatic rings. The Kier molecular flexibility index (Phi) is 3.36. The Balaban J connectivity index is 3.26. The molecule has 16 heavy (non-hydrogen) atoms. The maximum atomic E-state index is 11.7. The third kappa shape index (κ3) is 2.08. The van der Waals surface area contributed by atoms with Crippen molar-refractivity contribution < 1.29 is 23.2 Å². The number of rotatable bonds is 4. The van der Waals surface area contributed by atoms with E-state index in [1.807, 2.05) is 0 Å². The first-order chi connectivity index (χ1) is 7.30. The highest BCUT2D eigenvalue weighted by atomic mass is 32.2. The van der Waals surface area contributed by atoms with Crippen molar-refractivity contribution in [1.29, 1.82) is 0 Å². The molecule has 7 nitrogen and oxygen atoms in total. The third-order valence-electron chi connectivity index (χ3n) is 2.09. The molecule has 1 aromatic heterocycles. The normalized spacial score (nSPS) is 12.0. The van der Waals surface area contributed by atoms with Crippen LogP contribution in [0.4, 0.5) is 0 Å². The summed E-state index contributed by atoms with van der Waals surface area (Å²) in [5.41, 5.74) is -0.108. The second kappa shape index (κ2) is 4.24. The molecule has 0 aliphatic carbocycles. The van der Waals surface area contributed by atoms with E-state index in [2.05, 4.69) is 4.84 Å². The summed E-state index contributed by atoms with van der Waals surface area (Å²) in [6, 6.07) is 1.08. The molecule has 1 N–H and O–H groups in total. The first kappa shape index (κ1) is 12.7. The van der Waals surface area contributed by atoms with Crippen molar-refractivity contribution in [1.82, 2.24) is 9.04 Å². The maximum Gasteiger partial charge on any atom is 0.352 e. The number of sulfonamides is 1. The SMILES string of the molecule is CON(C)S(=O)(=O)c1cc(C(=O)O)n(C)c1. The zero-order valence-corrected chi connectivity index (χ0v) is 9.85. The number of hydrogen-bond acceptors (Lipinski definition) is 4. The van der Waals surface area contributed by atoms with E-state index < -0.39 is 16.0 Å². The first-order valence-electron chi connectivity index (χ1n) is 4.23. The molecule has 0 aliphatic rings. The molecule has 0 aliphatic heterocycles. The Hall–Kier alpha value is -1.38. The van der Waals surface area contributed by atoms with E-state index in [4.69, 9.17) is 5.11 Å². The molecule has 0 radical (unpaired) electrons. The van der Waals surface area contributed by atoms with Gasteiger partial charge in [0.25, 0.3) is 10.0 Å². The molecular weight excluding hydrogens is 236 g/mol. The summed E-state index contributed by atoms with van der Waals surface area (Å²) >= 11 is 0. The second-order valence-electron chi connectivity index (χ2n) is 3.07. The zero-order valence-electron chi connectivity index (χ0n) is 9.04. The minimum atomic E-state index is -3.80. The number of carboxylic acids is 1. The molecule has 0 spiro atoms. The van der Waals surface area contributed by atoms with Crippen LogP contribution in [0, 0.1) is 0 Å². The van der Waals surface area contributed by atoms with Crippen LogP contribution in [0.5, 0.6) is 0 Å². The smallest absolute Gasteiger partial charge is 0.352 e. The monoisotopic (exact) mass is 248 g/mol. The van der Waals surface area contributed by atoms with E-state index in [1.54, 1.807) is 0 Å². The summed E-state index contributed by atoms with van der Waals surface area (Å²) < 4.78 is 25.4. The molecule has 0 saturated heterocycles. The number of aromatic nitrogens is 1. The van der Waals surface area contributed by atoms with E-state index >= 15 is 0 Å². The van der Waals surface area contributed by atoms with E-state index in [1.165, 1.54) is 32.0 Å². The quantitative estimate of drug-likeness (QED) is 0.752. The molecule has 0 saturated carbocycles. The van der Waals surface area contributed by atoms with Gasteiger partial charge < -0.3 is 9.67 Å². The van der Waals surface area contributed by atoms with Gasteiger partial charge in [-0.05, 0) is 6.07 Å². The van der Waals surface area contributed by atoms with Gasteiger partial charge in [0.15, 0.2) is 0 Å². The van der Waals surface area contributed by atoms with Gasteiger partial charge in [-0.1, -0.05) is 4.47 Å². The Morgan fingerprint density at radius 3 is 2.50 bits per heavy atom. The highest BCUT2D eigenvalue weighted by molar-refractivity contribution is 7.89. The van der Waals surface area contributed by atoms with Gasteiger partial charge in [-0.2, -0.15) is 0 Å². The molecule has 1 rings (SSSR count). The Morgan fingerprint density at radius 2 is 2.12 bits per heavy atom. The van der Waals surface area contributed by atoms with Gasteiger partial charge in [0.1, 0.15) is 10.6 Å². The summed E-state index contributed by atoms with van der Waals surface area (Å²) in [6.07, 6.45) is 1.22. The molecule has 0 unspecified atom stereocenters. The van der Waals surface area contributed by atoms with Crippen molar-refractivity contribution in [3.63, 3.8) is 0 Å². The van der Waals surface area contributed by atoms with Crippen LogP contribution in [-0.2, 0) is 21.9 Å². The summed E-state index contributed by atoms with van der Waals surface area (Å²) in [7, 11) is 0.0883. The minimum Gasteiger partial charge on any atom is -0.477 e. The lowest BCUT2D eigenvalue weighted by molar-refractivity contribution is -0.0258. The molecule has 0 atom stereocenters. The lowest BCUT2D eigenvalue weighted by Crippen LogP contribution is -2.25. The average Bonchev–Trinajstić information content (AvgIpc) is 2.59. The second-order valence-corrected chi connectivity index (χ2v) is 5.01. The van der Waals surface area contributed by atoms with Crippen LogP contribution in [0.15, 0.2) is 17.2 Å². The van der Waals surface area contributed by atoms with Crippen molar-refractivity contribution in [3.05, 3.63) is 18.0 Å². The van der Waals surface area contributed by atoms with E-state index in [9.17, 15) is 13.2 Å².